The van der Waals surface area contributed by atoms with E-state index in [0.717, 1.165) is 20.9 Å². The standard InChI is InChI=1S/C20H24N4O2/c1-21(2)17-7-11-19(12-8-17)23(25)15-5-6-16-24(26)20-13-9-18(10-14-20)22(3)4/h5-16H,1-4H3/b6-5-,23-15?,24-16?. The van der Waals surface area contributed by atoms with E-state index in [4.69, 9.17) is 0 Å². The van der Waals surface area contributed by atoms with E-state index >= 15 is 0 Å². The maximum atomic E-state index is 12.0. The van der Waals surface area contributed by atoms with Crippen LogP contribution in [0.25, 0.3) is 0 Å². The van der Waals surface area contributed by atoms with Gasteiger partial charge in [-0.25, -0.2) is 0 Å². The van der Waals surface area contributed by atoms with Gasteiger partial charge >= 0.3 is 0 Å². The second kappa shape index (κ2) is 8.71. The molecule has 0 heterocycles. The van der Waals surface area contributed by atoms with E-state index in [1.807, 2.05) is 62.3 Å². The van der Waals surface area contributed by atoms with Gasteiger partial charge in [-0.3, -0.25) is 0 Å². The summed E-state index contributed by atoms with van der Waals surface area (Å²) in [6.45, 7) is 0. The van der Waals surface area contributed by atoms with Crippen molar-refractivity contribution in [3.05, 3.63) is 71.1 Å². The normalized spacial score (nSPS) is 12.5. The Morgan fingerprint density at radius 2 is 0.923 bits per heavy atom. The van der Waals surface area contributed by atoms with Gasteiger partial charge in [0.1, 0.15) is 0 Å². The predicted molar refractivity (Wildman–Crippen MR) is 109 cm³/mol. The molecule has 0 saturated heterocycles. The molecule has 0 spiro atoms. The van der Waals surface area contributed by atoms with Crippen molar-refractivity contribution in [2.45, 2.75) is 0 Å². The summed E-state index contributed by atoms with van der Waals surface area (Å²) in [5.41, 5.74) is 3.10. The van der Waals surface area contributed by atoms with Crippen LogP contribution in [0.2, 0.25) is 0 Å². The van der Waals surface area contributed by atoms with Crippen LogP contribution in [0.4, 0.5) is 22.7 Å². The van der Waals surface area contributed by atoms with E-state index in [-0.39, 0.29) is 0 Å². The second-order valence-electron chi connectivity index (χ2n) is 6.16. The third kappa shape index (κ3) is 5.11. The van der Waals surface area contributed by atoms with Gasteiger partial charge in [0.15, 0.2) is 12.4 Å². The number of allylic oxidation sites excluding steroid dienone is 2. The van der Waals surface area contributed by atoms with Crippen molar-refractivity contribution in [2.75, 3.05) is 38.0 Å². The Morgan fingerprint density at radius 1 is 0.615 bits per heavy atom. The van der Waals surface area contributed by atoms with E-state index in [1.165, 1.54) is 24.6 Å². The molecule has 2 aromatic carbocycles. The van der Waals surface area contributed by atoms with Crippen LogP contribution in [0, 0.1) is 10.4 Å². The Bertz CT molecular complexity index is 735. The van der Waals surface area contributed by atoms with Crippen LogP contribution in [-0.4, -0.2) is 50.1 Å². The largest absolute Gasteiger partial charge is 0.618 e. The summed E-state index contributed by atoms with van der Waals surface area (Å²) in [4.78, 5) is 3.93. The first kappa shape index (κ1) is 19.1. The Labute approximate surface area is 154 Å². The van der Waals surface area contributed by atoms with Crippen molar-refractivity contribution >= 4 is 35.2 Å². The van der Waals surface area contributed by atoms with Gasteiger partial charge in [-0.15, -0.1) is 0 Å². The molecule has 136 valence electrons. The topological polar surface area (TPSA) is 58.6 Å². The third-order valence-corrected chi connectivity index (χ3v) is 3.80. The molecule has 26 heavy (non-hydrogen) atoms. The van der Waals surface area contributed by atoms with Crippen LogP contribution in [0.1, 0.15) is 0 Å². The van der Waals surface area contributed by atoms with Gasteiger partial charge in [0.2, 0.25) is 11.4 Å². The first-order valence-corrected chi connectivity index (χ1v) is 8.21. The van der Waals surface area contributed by atoms with E-state index in [9.17, 15) is 10.4 Å². The maximum absolute atomic E-state index is 12.0. The zero-order chi connectivity index (χ0) is 19.1. The Hall–Kier alpha value is -3.28. The highest BCUT2D eigenvalue weighted by atomic mass is 16.5. The minimum Gasteiger partial charge on any atom is -0.618 e. The van der Waals surface area contributed by atoms with Gasteiger partial charge in [0, 0.05) is 76.0 Å². The third-order valence-electron chi connectivity index (χ3n) is 3.80. The Morgan fingerprint density at radius 3 is 1.19 bits per heavy atom. The number of hydrogen-bond donors (Lipinski definition) is 0. The van der Waals surface area contributed by atoms with Gasteiger partial charge in [-0.2, -0.15) is 9.48 Å². The SMILES string of the molecule is CN(C)c1ccc([N+]([O-])=C/C=C\C=[N+]([O-])c2ccc(N(C)C)cc2)cc1. The number of rotatable bonds is 6. The fourth-order valence-electron chi connectivity index (χ4n) is 2.22. The number of hydrogen-bond acceptors (Lipinski definition) is 4. The van der Waals surface area contributed by atoms with Crippen LogP contribution in [-0.2, 0) is 0 Å². The van der Waals surface area contributed by atoms with E-state index in [0.29, 0.717) is 11.4 Å². The quantitative estimate of drug-likeness (QED) is 0.345. The van der Waals surface area contributed by atoms with Crippen molar-refractivity contribution in [1.29, 1.82) is 0 Å². The van der Waals surface area contributed by atoms with Crippen molar-refractivity contribution in [1.82, 2.24) is 0 Å². The molecule has 0 aromatic heterocycles. The zero-order valence-electron chi connectivity index (χ0n) is 15.5. The summed E-state index contributed by atoms with van der Waals surface area (Å²) in [6.07, 6.45) is 5.80. The second-order valence-corrected chi connectivity index (χ2v) is 6.16. The molecule has 0 unspecified atom stereocenters. The lowest BCUT2D eigenvalue weighted by Gasteiger charge is -2.12. The summed E-state index contributed by atoms with van der Waals surface area (Å²) in [7, 11) is 7.77. The van der Waals surface area contributed by atoms with Crippen LogP contribution < -0.4 is 9.80 Å². The lowest BCUT2D eigenvalue weighted by Crippen LogP contribution is -2.08. The molecule has 0 fully saturated rings. The Kier molecular flexibility index (Phi) is 6.38. The van der Waals surface area contributed by atoms with Crippen molar-refractivity contribution in [3.8, 4) is 0 Å². The molecule has 6 heteroatoms. The maximum Gasteiger partial charge on any atom is 0.216 e. The van der Waals surface area contributed by atoms with E-state index in [2.05, 4.69) is 0 Å². The first-order chi connectivity index (χ1) is 12.4. The average molecular weight is 352 g/mol. The Balaban J connectivity index is 2.03. The minimum absolute atomic E-state index is 0.526. The highest BCUT2D eigenvalue weighted by molar-refractivity contribution is 5.78. The molecule has 0 atom stereocenters. The summed E-state index contributed by atoms with van der Waals surface area (Å²) in [6, 6.07) is 14.5. The van der Waals surface area contributed by atoms with Crippen LogP contribution in [0.5, 0.6) is 0 Å². The van der Waals surface area contributed by atoms with Crippen molar-refractivity contribution in [3.63, 3.8) is 0 Å². The lowest BCUT2D eigenvalue weighted by molar-refractivity contribution is -0.355. The first-order valence-electron chi connectivity index (χ1n) is 8.21. The molecule has 0 saturated carbocycles. The van der Waals surface area contributed by atoms with Crippen LogP contribution >= 0.6 is 0 Å². The summed E-state index contributed by atoms with van der Waals surface area (Å²) in [5, 5.41) is 24.1. The molecule has 2 aromatic rings. The van der Waals surface area contributed by atoms with Gasteiger partial charge in [-0.1, -0.05) is 0 Å². The minimum atomic E-state index is 0.526. The predicted octanol–water partition coefficient (Wildman–Crippen LogP) is 3.50. The van der Waals surface area contributed by atoms with E-state index in [1.54, 1.807) is 24.3 Å². The summed E-state index contributed by atoms with van der Waals surface area (Å²) < 4.78 is 1.51. The number of anilines is 2. The van der Waals surface area contributed by atoms with E-state index < -0.39 is 0 Å². The molecule has 0 aliphatic carbocycles. The molecule has 0 N–H and O–H groups in total. The van der Waals surface area contributed by atoms with Gasteiger partial charge in [0.05, 0.1) is 0 Å². The van der Waals surface area contributed by atoms with Gasteiger partial charge in [0.25, 0.3) is 0 Å². The molecular weight excluding hydrogens is 328 g/mol. The molecule has 0 aliphatic heterocycles. The number of benzene rings is 2. The van der Waals surface area contributed by atoms with Crippen LogP contribution in [0.3, 0.4) is 0 Å². The van der Waals surface area contributed by atoms with Gasteiger partial charge in [-0.05, 0) is 24.3 Å². The van der Waals surface area contributed by atoms with Crippen LogP contribution in [0.15, 0.2) is 60.7 Å². The zero-order valence-corrected chi connectivity index (χ0v) is 15.5. The molecule has 0 amide bonds. The fourth-order valence-corrected chi connectivity index (χ4v) is 2.22. The highest BCUT2D eigenvalue weighted by Gasteiger charge is 2.02. The number of nitrogens with zero attached hydrogens (tertiary/aromatic N) is 4. The van der Waals surface area contributed by atoms with Gasteiger partial charge < -0.3 is 20.2 Å². The summed E-state index contributed by atoms with van der Waals surface area (Å²) >= 11 is 0. The molecule has 0 aliphatic rings. The average Bonchev–Trinajstić information content (AvgIpc) is 2.65. The molecule has 0 radical (unpaired) electrons. The smallest absolute Gasteiger partial charge is 0.216 e. The van der Waals surface area contributed by atoms with Crippen molar-refractivity contribution in [2.24, 2.45) is 0 Å². The molecule has 6 nitrogen and oxygen atoms in total. The molecular formula is C20H24N4O2. The lowest BCUT2D eigenvalue weighted by atomic mass is 10.2. The fraction of sp³-hybridized carbons (Fsp3) is 0.200. The molecule has 0 bridgehead atoms. The molecule has 2 rings (SSSR count). The van der Waals surface area contributed by atoms with Crippen molar-refractivity contribution < 1.29 is 9.48 Å². The monoisotopic (exact) mass is 352 g/mol. The highest BCUT2D eigenvalue weighted by Crippen LogP contribution is 2.18. The summed E-state index contributed by atoms with van der Waals surface area (Å²) in [5.74, 6) is 0.